The van der Waals surface area contributed by atoms with E-state index >= 15 is 0 Å². The van der Waals surface area contributed by atoms with Crippen molar-refractivity contribution >= 4 is 16.6 Å². The fourth-order valence-electron chi connectivity index (χ4n) is 3.99. The maximum absolute atomic E-state index is 12.7. The minimum atomic E-state index is -0.691. The molecule has 4 aromatic rings. The van der Waals surface area contributed by atoms with E-state index in [2.05, 4.69) is 16.0 Å². The Morgan fingerprint density at radius 1 is 1.06 bits per heavy atom. The number of H-pyrrole nitrogens is 2. The van der Waals surface area contributed by atoms with E-state index in [1.165, 1.54) is 0 Å². The van der Waals surface area contributed by atoms with Crippen LogP contribution in [-0.2, 0) is 6.42 Å². The molecule has 0 amide bonds. The summed E-state index contributed by atoms with van der Waals surface area (Å²) in [5, 5.41) is 12.1. The molecule has 0 bridgehead atoms. The Bertz CT molecular complexity index is 1380. The van der Waals surface area contributed by atoms with Crippen molar-refractivity contribution in [2.24, 2.45) is 4.99 Å². The molecule has 0 aliphatic heterocycles. The molecule has 1 unspecified atom stereocenters. The summed E-state index contributed by atoms with van der Waals surface area (Å²) in [6.07, 6.45) is 3.89. The van der Waals surface area contributed by atoms with Crippen molar-refractivity contribution in [2.45, 2.75) is 39.2 Å². The SMILES string of the molecule is CCC(=NC(CC)Cc1c[nH]c2ccccc12)c1c(O)n(-c2ccccc2)c(=O)[nH]c1=O. The molecule has 1 atom stereocenters. The Hall–Kier alpha value is -3.87. The van der Waals surface area contributed by atoms with E-state index in [0.29, 0.717) is 24.2 Å². The van der Waals surface area contributed by atoms with Gasteiger partial charge < -0.3 is 10.1 Å². The van der Waals surface area contributed by atoms with Crippen molar-refractivity contribution in [3.63, 3.8) is 0 Å². The number of fused-ring (bicyclic) bond motifs is 1. The van der Waals surface area contributed by atoms with Gasteiger partial charge in [0.1, 0.15) is 5.56 Å². The molecule has 32 heavy (non-hydrogen) atoms. The summed E-state index contributed by atoms with van der Waals surface area (Å²) >= 11 is 0. The number of para-hydroxylation sites is 2. The van der Waals surface area contributed by atoms with Crippen LogP contribution in [0.3, 0.4) is 0 Å². The number of aromatic amines is 2. The number of nitrogens with zero attached hydrogens (tertiary/aromatic N) is 2. The molecule has 0 saturated carbocycles. The molecule has 0 saturated heterocycles. The highest BCUT2D eigenvalue weighted by atomic mass is 16.3. The molecule has 0 spiro atoms. The van der Waals surface area contributed by atoms with Crippen molar-refractivity contribution in [1.82, 2.24) is 14.5 Å². The number of hydrogen-bond acceptors (Lipinski definition) is 4. The molecule has 7 nitrogen and oxygen atoms in total. The lowest BCUT2D eigenvalue weighted by atomic mass is 10.0. The van der Waals surface area contributed by atoms with Gasteiger partial charge in [-0.3, -0.25) is 14.8 Å². The molecule has 4 rings (SSSR count). The van der Waals surface area contributed by atoms with Gasteiger partial charge in [-0.2, -0.15) is 0 Å². The molecule has 0 fully saturated rings. The maximum atomic E-state index is 12.7. The largest absolute Gasteiger partial charge is 0.493 e. The number of nitrogens with one attached hydrogen (secondary N) is 2. The Labute approximate surface area is 185 Å². The van der Waals surface area contributed by atoms with E-state index < -0.39 is 17.1 Å². The fourth-order valence-corrected chi connectivity index (χ4v) is 3.99. The second kappa shape index (κ2) is 9.09. The highest BCUT2D eigenvalue weighted by Gasteiger charge is 2.21. The molecule has 0 aliphatic carbocycles. The van der Waals surface area contributed by atoms with Crippen LogP contribution in [0.4, 0.5) is 0 Å². The average molecular weight is 431 g/mol. The second-order valence-corrected chi connectivity index (χ2v) is 7.68. The van der Waals surface area contributed by atoms with Crippen LogP contribution in [-0.4, -0.2) is 31.4 Å². The summed E-state index contributed by atoms with van der Waals surface area (Å²) in [6, 6.07) is 16.7. The van der Waals surface area contributed by atoms with Gasteiger partial charge in [-0.05, 0) is 43.0 Å². The molecule has 164 valence electrons. The van der Waals surface area contributed by atoms with Crippen LogP contribution in [0, 0.1) is 0 Å². The molecular formula is C25H26N4O3. The van der Waals surface area contributed by atoms with Gasteiger partial charge in [-0.15, -0.1) is 0 Å². The topological polar surface area (TPSA) is 103 Å². The molecule has 2 heterocycles. The van der Waals surface area contributed by atoms with Gasteiger partial charge in [0, 0.05) is 17.1 Å². The highest BCUT2D eigenvalue weighted by Crippen LogP contribution is 2.23. The Morgan fingerprint density at radius 2 is 1.78 bits per heavy atom. The molecule has 3 N–H and O–H groups in total. The summed E-state index contributed by atoms with van der Waals surface area (Å²) in [7, 11) is 0. The first-order valence-electron chi connectivity index (χ1n) is 10.8. The lowest BCUT2D eigenvalue weighted by Crippen LogP contribution is -2.33. The molecule has 0 radical (unpaired) electrons. The summed E-state index contributed by atoms with van der Waals surface area (Å²) in [4.78, 5) is 35.6. The lowest BCUT2D eigenvalue weighted by Gasteiger charge is -2.15. The van der Waals surface area contributed by atoms with Gasteiger partial charge in [-0.1, -0.05) is 50.2 Å². The third kappa shape index (κ3) is 4.01. The smallest absolute Gasteiger partial charge is 0.335 e. The van der Waals surface area contributed by atoms with Crippen LogP contribution in [0.25, 0.3) is 16.6 Å². The van der Waals surface area contributed by atoms with Gasteiger partial charge >= 0.3 is 5.69 Å². The van der Waals surface area contributed by atoms with Crippen molar-refractivity contribution in [2.75, 3.05) is 0 Å². The highest BCUT2D eigenvalue weighted by molar-refractivity contribution is 6.02. The average Bonchev–Trinajstić information content (AvgIpc) is 3.21. The lowest BCUT2D eigenvalue weighted by molar-refractivity contribution is 0.429. The van der Waals surface area contributed by atoms with Crippen molar-refractivity contribution in [3.8, 4) is 11.6 Å². The number of benzene rings is 2. The zero-order valence-corrected chi connectivity index (χ0v) is 18.1. The van der Waals surface area contributed by atoms with E-state index in [4.69, 9.17) is 4.99 Å². The third-order valence-electron chi connectivity index (χ3n) is 5.66. The van der Waals surface area contributed by atoms with E-state index in [9.17, 15) is 14.7 Å². The third-order valence-corrected chi connectivity index (χ3v) is 5.66. The predicted octanol–water partition coefficient (Wildman–Crippen LogP) is 3.93. The minimum absolute atomic E-state index is 0.0355. The van der Waals surface area contributed by atoms with Gasteiger partial charge in [0.25, 0.3) is 5.56 Å². The number of aromatic nitrogens is 3. The Balaban J connectivity index is 1.77. The number of aliphatic imine (C=N–C) groups is 1. The molecular weight excluding hydrogens is 404 g/mol. The van der Waals surface area contributed by atoms with E-state index in [1.807, 2.05) is 44.3 Å². The normalized spacial score (nSPS) is 12.9. The van der Waals surface area contributed by atoms with Crippen LogP contribution in [0.5, 0.6) is 5.88 Å². The van der Waals surface area contributed by atoms with Gasteiger partial charge in [-0.25, -0.2) is 9.36 Å². The summed E-state index contributed by atoms with van der Waals surface area (Å²) in [5.41, 5.74) is 1.87. The monoisotopic (exact) mass is 430 g/mol. The van der Waals surface area contributed by atoms with Crippen molar-refractivity contribution < 1.29 is 5.11 Å². The minimum Gasteiger partial charge on any atom is -0.493 e. The Morgan fingerprint density at radius 3 is 2.50 bits per heavy atom. The molecule has 0 aliphatic rings. The number of hydrogen-bond donors (Lipinski definition) is 3. The Kier molecular flexibility index (Phi) is 6.07. The number of rotatable bonds is 7. The van der Waals surface area contributed by atoms with Crippen LogP contribution in [0.1, 0.15) is 37.8 Å². The molecule has 2 aromatic carbocycles. The van der Waals surface area contributed by atoms with Gasteiger partial charge in [0.05, 0.1) is 17.4 Å². The first-order chi connectivity index (χ1) is 15.5. The fraction of sp³-hybridized carbons (Fsp3) is 0.240. The van der Waals surface area contributed by atoms with E-state index in [0.717, 1.165) is 27.5 Å². The van der Waals surface area contributed by atoms with Gasteiger partial charge in [0.15, 0.2) is 0 Å². The number of aromatic hydroxyl groups is 1. The van der Waals surface area contributed by atoms with Crippen LogP contribution >= 0.6 is 0 Å². The van der Waals surface area contributed by atoms with Crippen molar-refractivity contribution in [3.05, 3.63) is 92.8 Å². The summed E-state index contributed by atoms with van der Waals surface area (Å²) in [5.74, 6) is -0.396. The predicted molar refractivity (Wildman–Crippen MR) is 127 cm³/mol. The quantitative estimate of drug-likeness (QED) is 0.387. The standard InChI is InChI=1S/C25H26N4O3/c1-3-17(14-16-15-26-21-13-9-8-12-19(16)21)27-20(4-2)22-23(30)28-25(32)29(24(22)31)18-10-6-5-7-11-18/h5-13,15,17,26,31H,3-4,14H2,1-2H3,(H,28,30,32). The first-order valence-corrected chi connectivity index (χ1v) is 10.8. The zero-order chi connectivity index (χ0) is 22.7. The maximum Gasteiger partial charge on any atom is 0.335 e. The second-order valence-electron chi connectivity index (χ2n) is 7.68. The first kappa shape index (κ1) is 21.4. The zero-order valence-electron chi connectivity index (χ0n) is 18.1. The van der Waals surface area contributed by atoms with Crippen LogP contribution in [0.2, 0.25) is 0 Å². The van der Waals surface area contributed by atoms with Crippen LogP contribution < -0.4 is 11.2 Å². The van der Waals surface area contributed by atoms with E-state index in [1.54, 1.807) is 24.3 Å². The molecule has 7 heteroatoms. The van der Waals surface area contributed by atoms with Crippen LogP contribution in [0.15, 0.2) is 75.4 Å². The van der Waals surface area contributed by atoms with Crippen molar-refractivity contribution in [1.29, 1.82) is 0 Å². The van der Waals surface area contributed by atoms with Gasteiger partial charge in [0.2, 0.25) is 5.88 Å². The molecule has 2 aromatic heterocycles. The summed E-state index contributed by atoms with van der Waals surface area (Å²) < 4.78 is 1.10. The summed E-state index contributed by atoms with van der Waals surface area (Å²) in [6.45, 7) is 3.93. The van der Waals surface area contributed by atoms with E-state index in [-0.39, 0.29) is 11.6 Å².